The van der Waals surface area contributed by atoms with Gasteiger partial charge in [-0.05, 0) is 29.8 Å². The van der Waals surface area contributed by atoms with Crippen LogP contribution < -0.4 is 16.0 Å². The largest absolute Gasteiger partial charge is 0.355 e. The summed E-state index contributed by atoms with van der Waals surface area (Å²) in [5.41, 5.74) is 3.00. The standard InChI is InChI=1S/C10H11NO2.C8H9NO.C8H8O.C4H11N.2C2H6/c1-8(13)11-10(7-12)9-5-3-2-4-6-9;10-7-9-6-8-4-2-1-3-5-8;9-7-6-8-4-2-1-3-5-8;1-3-5-4-2;2*1-2/h2-7,10H,1H3,(H,11,13);1-5,7H,6H2,(H,9,10);1-5,7H,6H2;5H,3-4H2,1-2H3;2*1-2H3/t10-;;;;;/m0...../s1. The lowest BCUT2D eigenvalue weighted by atomic mass is 10.1. The minimum Gasteiger partial charge on any atom is -0.355 e. The summed E-state index contributed by atoms with van der Waals surface area (Å²) >= 11 is 0. The van der Waals surface area contributed by atoms with Gasteiger partial charge in [-0.2, -0.15) is 0 Å². The summed E-state index contributed by atoms with van der Waals surface area (Å²) < 4.78 is 0. The predicted molar refractivity (Wildman–Crippen MR) is 172 cm³/mol. The Morgan fingerprint density at radius 2 is 1.15 bits per heavy atom. The molecule has 0 saturated heterocycles. The molecule has 3 N–H and O–H groups in total. The van der Waals surface area contributed by atoms with E-state index in [1.54, 1.807) is 12.1 Å². The minimum absolute atomic E-state index is 0.207. The first kappa shape index (κ1) is 41.4. The summed E-state index contributed by atoms with van der Waals surface area (Å²) in [5, 5.41) is 8.23. The molecule has 0 fully saturated rings. The number of aldehydes is 2. The van der Waals surface area contributed by atoms with E-state index in [-0.39, 0.29) is 5.91 Å². The zero-order valence-electron chi connectivity index (χ0n) is 25.9. The highest BCUT2D eigenvalue weighted by Crippen LogP contribution is 2.09. The van der Waals surface area contributed by atoms with Gasteiger partial charge in [-0.25, -0.2) is 0 Å². The van der Waals surface area contributed by atoms with E-state index in [9.17, 15) is 19.2 Å². The van der Waals surface area contributed by atoms with Crippen LogP contribution in [-0.4, -0.2) is 38.0 Å². The van der Waals surface area contributed by atoms with Gasteiger partial charge in [-0.1, -0.05) is 133 Å². The number of rotatable bonds is 10. The van der Waals surface area contributed by atoms with Crippen LogP contribution in [0.5, 0.6) is 0 Å². The van der Waals surface area contributed by atoms with Gasteiger partial charge in [-0.3, -0.25) is 9.59 Å². The molecule has 41 heavy (non-hydrogen) atoms. The number of hydrogen-bond acceptors (Lipinski definition) is 5. The van der Waals surface area contributed by atoms with E-state index in [0.29, 0.717) is 19.4 Å². The first-order chi connectivity index (χ1) is 20.0. The second-order valence-electron chi connectivity index (χ2n) is 7.52. The number of nitrogens with one attached hydrogen (secondary N) is 3. The fourth-order valence-electron chi connectivity index (χ4n) is 2.79. The van der Waals surface area contributed by atoms with E-state index in [1.165, 1.54) is 6.92 Å². The second kappa shape index (κ2) is 33.9. The third kappa shape index (κ3) is 27.3. The van der Waals surface area contributed by atoms with Gasteiger partial charge in [0.05, 0.1) is 0 Å². The van der Waals surface area contributed by atoms with Crippen LogP contribution >= 0.6 is 0 Å². The monoisotopic (exact) mass is 565 g/mol. The molecule has 7 nitrogen and oxygen atoms in total. The van der Waals surface area contributed by atoms with E-state index in [1.807, 2.05) is 107 Å². The lowest BCUT2D eigenvalue weighted by Gasteiger charge is -2.10. The van der Waals surface area contributed by atoms with Crippen LogP contribution in [0, 0.1) is 0 Å². The van der Waals surface area contributed by atoms with Crippen LogP contribution in [-0.2, 0) is 32.1 Å². The molecule has 1 atom stereocenters. The average molecular weight is 566 g/mol. The zero-order valence-corrected chi connectivity index (χ0v) is 25.9. The lowest BCUT2D eigenvalue weighted by molar-refractivity contribution is -0.122. The fraction of sp³-hybridized carbons (Fsp3) is 0.353. The molecule has 0 heterocycles. The van der Waals surface area contributed by atoms with Crippen LogP contribution in [0.15, 0.2) is 91.0 Å². The van der Waals surface area contributed by atoms with Gasteiger partial charge in [0.2, 0.25) is 12.3 Å². The maximum Gasteiger partial charge on any atom is 0.217 e. The van der Waals surface area contributed by atoms with Crippen molar-refractivity contribution in [2.75, 3.05) is 13.1 Å². The molecule has 0 bridgehead atoms. The Hall–Kier alpha value is -4.10. The van der Waals surface area contributed by atoms with Gasteiger partial charge in [-0.15, -0.1) is 0 Å². The third-order valence-corrected chi connectivity index (χ3v) is 4.55. The summed E-state index contributed by atoms with van der Waals surface area (Å²) in [6.07, 6.45) is 2.86. The molecule has 0 aromatic heterocycles. The molecule has 3 aromatic carbocycles. The molecule has 0 unspecified atom stereocenters. The summed E-state index contributed by atoms with van der Waals surface area (Å²) in [5.74, 6) is -0.207. The van der Waals surface area contributed by atoms with Gasteiger partial charge in [0.25, 0.3) is 0 Å². The average Bonchev–Trinajstić information content (AvgIpc) is 3.04. The van der Waals surface area contributed by atoms with Gasteiger partial charge in [0.15, 0.2) is 0 Å². The van der Waals surface area contributed by atoms with Crippen molar-refractivity contribution in [3.8, 4) is 0 Å². The van der Waals surface area contributed by atoms with Gasteiger partial charge >= 0.3 is 0 Å². The van der Waals surface area contributed by atoms with Crippen molar-refractivity contribution in [2.24, 2.45) is 0 Å². The Balaban J connectivity index is -0.000000468. The Morgan fingerprint density at radius 3 is 1.49 bits per heavy atom. The lowest BCUT2D eigenvalue weighted by Crippen LogP contribution is -2.26. The predicted octanol–water partition coefficient (Wildman–Crippen LogP) is 6.09. The van der Waals surface area contributed by atoms with Crippen LogP contribution in [0.4, 0.5) is 0 Å². The van der Waals surface area contributed by atoms with E-state index in [0.717, 1.165) is 42.4 Å². The van der Waals surface area contributed by atoms with Crippen molar-refractivity contribution in [1.82, 2.24) is 16.0 Å². The van der Waals surface area contributed by atoms with Crippen molar-refractivity contribution < 1.29 is 19.2 Å². The molecule has 0 aliphatic carbocycles. The van der Waals surface area contributed by atoms with Gasteiger partial charge in [0.1, 0.15) is 18.6 Å². The molecule has 2 amide bonds. The van der Waals surface area contributed by atoms with E-state index in [4.69, 9.17) is 0 Å². The molecule has 7 heteroatoms. The summed E-state index contributed by atoms with van der Waals surface area (Å²) in [6.45, 7) is 16.4. The molecular formula is C34H51N3O4. The maximum absolute atomic E-state index is 10.7. The zero-order chi connectivity index (χ0) is 31.6. The molecule has 3 rings (SSSR count). The fourth-order valence-corrected chi connectivity index (χ4v) is 2.79. The summed E-state index contributed by atoms with van der Waals surface area (Å²) in [4.78, 5) is 41.2. The highest BCUT2D eigenvalue weighted by Gasteiger charge is 2.09. The molecular weight excluding hydrogens is 514 g/mol. The van der Waals surface area contributed by atoms with Crippen molar-refractivity contribution in [3.05, 3.63) is 108 Å². The molecule has 3 aromatic rings. The van der Waals surface area contributed by atoms with Crippen molar-refractivity contribution in [2.45, 2.75) is 67.5 Å². The Bertz CT molecular complexity index is 967. The number of carbonyl (C=O) groups excluding carboxylic acids is 4. The molecule has 0 radical (unpaired) electrons. The Labute approximate surface area is 248 Å². The Morgan fingerprint density at radius 1 is 0.707 bits per heavy atom. The van der Waals surface area contributed by atoms with Gasteiger partial charge < -0.3 is 25.5 Å². The van der Waals surface area contributed by atoms with Crippen LogP contribution in [0.2, 0.25) is 0 Å². The first-order valence-corrected chi connectivity index (χ1v) is 14.2. The molecule has 0 saturated carbocycles. The van der Waals surface area contributed by atoms with Crippen LogP contribution in [0.1, 0.15) is 71.2 Å². The summed E-state index contributed by atoms with van der Waals surface area (Å²) in [6, 6.07) is 28.0. The molecule has 226 valence electrons. The van der Waals surface area contributed by atoms with Crippen LogP contribution in [0.3, 0.4) is 0 Å². The van der Waals surface area contributed by atoms with E-state index in [2.05, 4.69) is 29.8 Å². The molecule has 0 aliphatic heterocycles. The van der Waals surface area contributed by atoms with E-state index >= 15 is 0 Å². The number of carbonyl (C=O) groups is 4. The highest BCUT2D eigenvalue weighted by atomic mass is 16.2. The smallest absolute Gasteiger partial charge is 0.217 e. The molecule has 0 aliphatic rings. The van der Waals surface area contributed by atoms with Gasteiger partial charge in [0, 0.05) is 19.9 Å². The third-order valence-electron chi connectivity index (χ3n) is 4.55. The Kier molecular flexibility index (Phi) is 34.2. The first-order valence-electron chi connectivity index (χ1n) is 14.2. The molecule has 0 spiro atoms. The normalized spacial score (nSPS) is 9.15. The SMILES string of the molecule is CC.CC.CC(=O)N[C@@H](C=O)c1ccccc1.CCNCC.O=CCc1ccccc1.O=CNCc1ccccc1. The van der Waals surface area contributed by atoms with Crippen molar-refractivity contribution >= 4 is 24.9 Å². The quantitative estimate of drug-likeness (QED) is 0.258. The van der Waals surface area contributed by atoms with E-state index < -0.39 is 6.04 Å². The maximum atomic E-state index is 10.7. The minimum atomic E-state index is -0.529. The van der Waals surface area contributed by atoms with Crippen molar-refractivity contribution in [3.63, 3.8) is 0 Å². The number of amides is 2. The van der Waals surface area contributed by atoms with Crippen LogP contribution in [0.25, 0.3) is 0 Å². The summed E-state index contributed by atoms with van der Waals surface area (Å²) in [7, 11) is 0. The van der Waals surface area contributed by atoms with Crippen molar-refractivity contribution in [1.29, 1.82) is 0 Å². The topological polar surface area (TPSA) is 104 Å². The second-order valence-corrected chi connectivity index (χ2v) is 7.52. The highest BCUT2D eigenvalue weighted by molar-refractivity contribution is 5.78. The number of benzene rings is 3. The number of hydrogen-bond donors (Lipinski definition) is 3.